The first-order valence-electron chi connectivity index (χ1n) is 4.16. The van der Waals surface area contributed by atoms with Crippen LogP contribution in [0.5, 0.6) is 0 Å². The van der Waals surface area contributed by atoms with Gasteiger partial charge in [0.25, 0.3) is 0 Å². The highest BCUT2D eigenvalue weighted by atomic mass is 79.9. The van der Waals surface area contributed by atoms with Crippen molar-refractivity contribution in [2.45, 2.75) is 6.54 Å². The van der Waals surface area contributed by atoms with Gasteiger partial charge in [-0.1, -0.05) is 12.1 Å². The minimum absolute atomic E-state index is 0.596. The maximum atomic E-state index is 5.58. The predicted molar refractivity (Wildman–Crippen MR) is 58.5 cm³/mol. The molecule has 0 saturated carbocycles. The second-order valence-electron chi connectivity index (χ2n) is 3.12. The van der Waals surface area contributed by atoms with Gasteiger partial charge in [-0.05, 0) is 33.6 Å². The van der Waals surface area contributed by atoms with E-state index in [-0.39, 0.29) is 0 Å². The number of fused-ring (bicyclic) bond motifs is 1. The van der Waals surface area contributed by atoms with Gasteiger partial charge in [0.15, 0.2) is 0 Å². The van der Waals surface area contributed by atoms with Crippen LogP contribution in [0.15, 0.2) is 28.9 Å². The van der Waals surface area contributed by atoms with Crippen LogP contribution in [0.3, 0.4) is 0 Å². The average molecular weight is 239 g/mol. The molecule has 0 aliphatic heterocycles. The maximum absolute atomic E-state index is 5.58. The van der Waals surface area contributed by atoms with Crippen molar-refractivity contribution in [3.63, 3.8) is 0 Å². The molecule has 2 N–H and O–H groups in total. The van der Waals surface area contributed by atoms with Crippen molar-refractivity contribution in [2.75, 3.05) is 0 Å². The summed E-state index contributed by atoms with van der Waals surface area (Å²) in [6.07, 6.45) is 0. The third kappa shape index (κ3) is 1.38. The molecule has 0 spiro atoms. The third-order valence-electron chi connectivity index (χ3n) is 2.29. The van der Waals surface area contributed by atoms with Crippen LogP contribution in [0.4, 0.5) is 0 Å². The molecule has 2 rings (SSSR count). The summed E-state index contributed by atoms with van der Waals surface area (Å²) in [6, 6.07) is 8.40. The van der Waals surface area contributed by atoms with Gasteiger partial charge in [0.1, 0.15) is 0 Å². The zero-order valence-electron chi connectivity index (χ0n) is 7.42. The summed E-state index contributed by atoms with van der Waals surface area (Å²) in [7, 11) is 2.03. The number of rotatable bonds is 1. The van der Waals surface area contributed by atoms with Gasteiger partial charge in [-0.15, -0.1) is 0 Å². The number of halogens is 1. The molecule has 68 valence electrons. The summed E-state index contributed by atoms with van der Waals surface area (Å²) in [5, 5.41) is 1.24. The molecule has 0 bridgehead atoms. The maximum Gasteiger partial charge on any atom is 0.0854 e. The first-order chi connectivity index (χ1) is 6.22. The highest BCUT2D eigenvalue weighted by Gasteiger charge is 2.02. The lowest BCUT2D eigenvalue weighted by molar-refractivity contribution is 0.938. The van der Waals surface area contributed by atoms with Crippen LogP contribution in [0, 0.1) is 0 Å². The van der Waals surface area contributed by atoms with Gasteiger partial charge in [0.05, 0.1) is 4.60 Å². The van der Waals surface area contributed by atoms with Crippen LogP contribution in [0.2, 0.25) is 0 Å². The predicted octanol–water partition coefficient (Wildman–Crippen LogP) is 2.40. The Morgan fingerprint density at radius 2 is 2.15 bits per heavy atom. The molecule has 0 fully saturated rings. The Balaban J connectivity index is 2.75. The standard InChI is InChI=1S/C10H11BrN2/c1-13-9-4-7(6-12)2-3-8(9)5-10(13)11/h2-5H,6,12H2,1H3. The Morgan fingerprint density at radius 3 is 2.85 bits per heavy atom. The number of hydrogen-bond donors (Lipinski definition) is 1. The van der Waals surface area contributed by atoms with Crippen LogP contribution in [-0.2, 0) is 13.6 Å². The number of aromatic nitrogens is 1. The molecule has 2 nitrogen and oxygen atoms in total. The van der Waals surface area contributed by atoms with Crippen molar-refractivity contribution >= 4 is 26.8 Å². The normalized spacial score (nSPS) is 11.0. The monoisotopic (exact) mass is 238 g/mol. The minimum atomic E-state index is 0.596. The summed E-state index contributed by atoms with van der Waals surface area (Å²) < 4.78 is 3.20. The topological polar surface area (TPSA) is 30.9 Å². The number of nitrogens with two attached hydrogens (primary N) is 1. The van der Waals surface area contributed by atoms with E-state index in [1.54, 1.807) is 0 Å². The van der Waals surface area contributed by atoms with Crippen molar-refractivity contribution < 1.29 is 0 Å². The van der Waals surface area contributed by atoms with Gasteiger partial charge in [-0.2, -0.15) is 0 Å². The van der Waals surface area contributed by atoms with Crippen molar-refractivity contribution in [1.82, 2.24) is 4.57 Å². The number of nitrogens with zero attached hydrogens (tertiary/aromatic N) is 1. The fraction of sp³-hybridized carbons (Fsp3) is 0.200. The van der Waals surface area contributed by atoms with Crippen LogP contribution in [0.1, 0.15) is 5.56 Å². The van der Waals surface area contributed by atoms with Crippen LogP contribution >= 0.6 is 15.9 Å². The van der Waals surface area contributed by atoms with Gasteiger partial charge in [0.2, 0.25) is 0 Å². The van der Waals surface area contributed by atoms with Crippen molar-refractivity contribution in [1.29, 1.82) is 0 Å². The molecule has 0 radical (unpaired) electrons. The smallest absolute Gasteiger partial charge is 0.0854 e. The molecule has 2 aromatic rings. The summed E-state index contributed by atoms with van der Waals surface area (Å²) in [5.74, 6) is 0. The first-order valence-corrected chi connectivity index (χ1v) is 4.95. The molecule has 0 amide bonds. The van der Waals surface area contributed by atoms with Gasteiger partial charge in [-0.3, -0.25) is 0 Å². The summed E-state index contributed by atoms with van der Waals surface area (Å²) in [4.78, 5) is 0. The molecule has 1 heterocycles. The highest BCUT2D eigenvalue weighted by Crippen LogP contribution is 2.23. The molecule has 0 aliphatic rings. The quantitative estimate of drug-likeness (QED) is 0.813. The van der Waals surface area contributed by atoms with E-state index in [0.717, 1.165) is 4.60 Å². The molecule has 1 aromatic heterocycles. The van der Waals surface area contributed by atoms with Crippen LogP contribution in [-0.4, -0.2) is 4.57 Å². The SMILES string of the molecule is Cn1c(Br)cc2ccc(CN)cc21. The van der Waals surface area contributed by atoms with E-state index >= 15 is 0 Å². The molecule has 0 atom stereocenters. The molecule has 0 unspecified atom stereocenters. The number of benzene rings is 1. The molecule has 0 aliphatic carbocycles. The number of hydrogen-bond acceptors (Lipinski definition) is 1. The van der Waals surface area contributed by atoms with Gasteiger partial charge < -0.3 is 10.3 Å². The van der Waals surface area contributed by atoms with Crippen molar-refractivity contribution in [3.05, 3.63) is 34.4 Å². The molecular weight excluding hydrogens is 228 g/mol. The first kappa shape index (κ1) is 8.78. The Labute approximate surface area is 85.5 Å². The lowest BCUT2D eigenvalue weighted by Gasteiger charge is -2.00. The molecular formula is C10H11BrN2. The van der Waals surface area contributed by atoms with E-state index in [1.165, 1.54) is 16.5 Å². The summed E-state index contributed by atoms with van der Waals surface area (Å²) >= 11 is 3.49. The summed E-state index contributed by atoms with van der Waals surface area (Å²) in [6.45, 7) is 0.596. The van der Waals surface area contributed by atoms with Crippen molar-refractivity contribution in [2.24, 2.45) is 12.8 Å². The van der Waals surface area contributed by atoms with Gasteiger partial charge in [-0.25, -0.2) is 0 Å². The Morgan fingerprint density at radius 1 is 1.38 bits per heavy atom. The van der Waals surface area contributed by atoms with E-state index < -0.39 is 0 Å². The van der Waals surface area contributed by atoms with Gasteiger partial charge in [0, 0.05) is 24.5 Å². The fourth-order valence-electron chi connectivity index (χ4n) is 1.47. The van der Waals surface area contributed by atoms with E-state index in [9.17, 15) is 0 Å². The second-order valence-corrected chi connectivity index (χ2v) is 3.94. The Hall–Kier alpha value is -0.800. The Bertz CT molecular complexity index is 445. The van der Waals surface area contributed by atoms with Gasteiger partial charge >= 0.3 is 0 Å². The summed E-state index contributed by atoms with van der Waals surface area (Å²) in [5.41, 5.74) is 7.96. The molecule has 13 heavy (non-hydrogen) atoms. The Kier molecular flexibility index (Phi) is 2.14. The van der Waals surface area contributed by atoms with E-state index in [4.69, 9.17) is 5.73 Å². The second kappa shape index (κ2) is 3.16. The largest absolute Gasteiger partial charge is 0.338 e. The van der Waals surface area contributed by atoms with E-state index in [1.807, 2.05) is 7.05 Å². The fourth-order valence-corrected chi connectivity index (χ4v) is 1.91. The lowest BCUT2D eigenvalue weighted by Crippen LogP contribution is -1.96. The zero-order chi connectivity index (χ0) is 9.42. The third-order valence-corrected chi connectivity index (χ3v) is 3.05. The van der Waals surface area contributed by atoms with Crippen molar-refractivity contribution in [3.8, 4) is 0 Å². The molecule has 1 aromatic carbocycles. The van der Waals surface area contributed by atoms with Crippen LogP contribution < -0.4 is 5.73 Å². The van der Waals surface area contributed by atoms with Crippen LogP contribution in [0.25, 0.3) is 10.9 Å². The average Bonchev–Trinajstić information content (AvgIpc) is 2.43. The van der Waals surface area contributed by atoms with E-state index in [0.29, 0.717) is 6.54 Å². The zero-order valence-corrected chi connectivity index (χ0v) is 9.01. The molecule has 0 saturated heterocycles. The number of aryl methyl sites for hydroxylation is 1. The lowest BCUT2D eigenvalue weighted by atomic mass is 10.2. The van der Waals surface area contributed by atoms with E-state index in [2.05, 4.69) is 44.8 Å². The highest BCUT2D eigenvalue weighted by molar-refractivity contribution is 9.10. The minimum Gasteiger partial charge on any atom is -0.338 e. The molecule has 3 heteroatoms.